The van der Waals surface area contributed by atoms with E-state index in [0.717, 1.165) is 5.56 Å². The molecule has 0 atom stereocenters. The van der Waals surface area contributed by atoms with Gasteiger partial charge in [0.25, 0.3) is 0 Å². The summed E-state index contributed by atoms with van der Waals surface area (Å²) >= 11 is 0. The molecule has 6 nitrogen and oxygen atoms in total. The van der Waals surface area contributed by atoms with Crippen LogP contribution in [-0.2, 0) is 16.0 Å². The Bertz CT molecular complexity index is 712. The first-order valence-corrected chi connectivity index (χ1v) is 7.26. The summed E-state index contributed by atoms with van der Waals surface area (Å²) in [4.78, 5) is 25.2. The third-order valence-electron chi connectivity index (χ3n) is 3.47. The molecule has 0 fully saturated rings. The van der Waals surface area contributed by atoms with Crippen molar-refractivity contribution in [3.63, 3.8) is 0 Å². The molecular weight excluding hydrogens is 310 g/mol. The van der Waals surface area contributed by atoms with Crippen molar-refractivity contribution < 1.29 is 23.8 Å². The number of esters is 1. The van der Waals surface area contributed by atoms with Crippen molar-refractivity contribution in [2.45, 2.75) is 6.54 Å². The van der Waals surface area contributed by atoms with Crippen LogP contribution in [-0.4, -0.2) is 33.4 Å². The zero-order valence-corrected chi connectivity index (χ0v) is 13.8. The average Bonchev–Trinajstić information content (AvgIpc) is 2.65. The minimum Gasteiger partial charge on any atom is -0.497 e. The number of ether oxygens (including phenoxy) is 3. The lowest BCUT2D eigenvalue weighted by atomic mass is 10.1. The summed E-state index contributed by atoms with van der Waals surface area (Å²) in [5, 5.41) is 0. The molecule has 0 N–H and O–H groups in total. The van der Waals surface area contributed by atoms with Gasteiger partial charge in [0.2, 0.25) is 0 Å². The number of anilines is 1. The minimum absolute atomic E-state index is 0.254. The Labute approximate surface area is 140 Å². The molecule has 0 radical (unpaired) electrons. The molecule has 0 spiro atoms. The molecule has 0 heterocycles. The van der Waals surface area contributed by atoms with E-state index >= 15 is 0 Å². The molecule has 126 valence electrons. The van der Waals surface area contributed by atoms with Crippen LogP contribution in [0.3, 0.4) is 0 Å². The van der Waals surface area contributed by atoms with Crippen molar-refractivity contribution in [3.05, 3.63) is 59.7 Å². The van der Waals surface area contributed by atoms with Gasteiger partial charge in [0.05, 0.1) is 33.4 Å². The van der Waals surface area contributed by atoms with E-state index in [2.05, 4.69) is 0 Å². The van der Waals surface area contributed by atoms with Gasteiger partial charge in [0.1, 0.15) is 5.75 Å². The number of rotatable bonds is 5. The number of hydrogen-bond acceptors (Lipinski definition) is 5. The average molecular weight is 329 g/mol. The second-order valence-electron chi connectivity index (χ2n) is 4.95. The Morgan fingerprint density at radius 3 is 2.25 bits per heavy atom. The number of benzene rings is 2. The zero-order chi connectivity index (χ0) is 17.5. The first-order chi connectivity index (χ1) is 11.6. The molecule has 0 bridgehead atoms. The van der Waals surface area contributed by atoms with E-state index in [4.69, 9.17) is 14.2 Å². The van der Waals surface area contributed by atoms with Gasteiger partial charge in [0, 0.05) is 5.69 Å². The van der Waals surface area contributed by atoms with Gasteiger partial charge >= 0.3 is 12.1 Å². The summed E-state index contributed by atoms with van der Waals surface area (Å²) in [6, 6.07) is 14.0. The molecule has 2 aromatic rings. The molecule has 2 rings (SSSR count). The van der Waals surface area contributed by atoms with E-state index in [1.54, 1.807) is 49.6 Å². The van der Waals surface area contributed by atoms with Crippen molar-refractivity contribution in [3.8, 4) is 5.75 Å². The number of amides is 1. The summed E-state index contributed by atoms with van der Waals surface area (Å²) in [7, 11) is 4.22. The van der Waals surface area contributed by atoms with Gasteiger partial charge in [-0.1, -0.05) is 12.1 Å². The third-order valence-corrected chi connectivity index (χ3v) is 3.47. The van der Waals surface area contributed by atoms with Gasteiger partial charge in [-0.3, -0.25) is 4.90 Å². The van der Waals surface area contributed by atoms with Crippen molar-refractivity contribution >= 4 is 17.7 Å². The van der Waals surface area contributed by atoms with Crippen molar-refractivity contribution in [1.29, 1.82) is 0 Å². The largest absolute Gasteiger partial charge is 0.497 e. The van der Waals surface area contributed by atoms with Crippen LogP contribution in [0.5, 0.6) is 5.75 Å². The van der Waals surface area contributed by atoms with Gasteiger partial charge in [0.15, 0.2) is 0 Å². The lowest BCUT2D eigenvalue weighted by molar-refractivity contribution is 0.0600. The van der Waals surface area contributed by atoms with E-state index in [1.165, 1.54) is 19.1 Å². The molecule has 2 aromatic carbocycles. The van der Waals surface area contributed by atoms with Crippen LogP contribution >= 0.6 is 0 Å². The van der Waals surface area contributed by atoms with Gasteiger partial charge < -0.3 is 14.2 Å². The van der Waals surface area contributed by atoms with Gasteiger partial charge in [-0.15, -0.1) is 0 Å². The Balaban J connectivity index is 2.29. The highest BCUT2D eigenvalue weighted by atomic mass is 16.5. The quantitative estimate of drug-likeness (QED) is 0.788. The van der Waals surface area contributed by atoms with Gasteiger partial charge in [-0.25, -0.2) is 9.59 Å². The minimum atomic E-state index is -0.497. The van der Waals surface area contributed by atoms with Crippen LogP contribution in [0.1, 0.15) is 15.9 Å². The summed E-state index contributed by atoms with van der Waals surface area (Å²) in [5.41, 5.74) is 1.86. The molecule has 0 aliphatic heterocycles. The van der Waals surface area contributed by atoms with Crippen LogP contribution in [0.4, 0.5) is 10.5 Å². The normalized spacial score (nSPS) is 9.96. The zero-order valence-electron chi connectivity index (χ0n) is 13.8. The molecule has 6 heteroatoms. The first-order valence-electron chi connectivity index (χ1n) is 7.26. The predicted octanol–water partition coefficient (Wildman–Crippen LogP) is 3.25. The summed E-state index contributed by atoms with van der Waals surface area (Å²) in [6.07, 6.45) is -0.497. The lowest BCUT2D eigenvalue weighted by Crippen LogP contribution is -2.30. The van der Waals surface area contributed by atoms with Crippen LogP contribution in [0.15, 0.2) is 48.5 Å². The number of carbonyl (C=O) groups is 2. The highest BCUT2D eigenvalue weighted by Crippen LogP contribution is 2.22. The molecule has 0 aromatic heterocycles. The number of methoxy groups -OCH3 is 3. The third kappa shape index (κ3) is 4.04. The van der Waals surface area contributed by atoms with E-state index in [0.29, 0.717) is 17.0 Å². The molecule has 0 saturated carbocycles. The van der Waals surface area contributed by atoms with E-state index in [9.17, 15) is 9.59 Å². The second kappa shape index (κ2) is 8.01. The van der Waals surface area contributed by atoms with Gasteiger partial charge in [-0.05, 0) is 42.0 Å². The fraction of sp³-hybridized carbons (Fsp3) is 0.222. The fourth-order valence-electron chi connectivity index (χ4n) is 2.23. The number of carbonyl (C=O) groups excluding carboxylic acids is 2. The van der Waals surface area contributed by atoms with E-state index in [-0.39, 0.29) is 6.54 Å². The number of nitrogens with zero attached hydrogens (tertiary/aromatic N) is 1. The predicted molar refractivity (Wildman–Crippen MR) is 89.4 cm³/mol. The van der Waals surface area contributed by atoms with Crippen LogP contribution in [0, 0.1) is 0 Å². The standard InChI is InChI=1S/C18H19NO5/c1-22-16-9-7-15(8-10-16)19(18(21)24-3)12-13-5-4-6-14(11-13)17(20)23-2/h4-11H,12H2,1-3H3. The fourth-order valence-corrected chi connectivity index (χ4v) is 2.23. The molecule has 1 amide bonds. The van der Waals surface area contributed by atoms with Crippen LogP contribution in [0.25, 0.3) is 0 Å². The summed E-state index contributed by atoms with van der Waals surface area (Å²) in [6.45, 7) is 0.254. The van der Waals surface area contributed by atoms with Crippen LogP contribution in [0.2, 0.25) is 0 Å². The molecular formula is C18H19NO5. The van der Waals surface area contributed by atoms with Crippen molar-refractivity contribution in [2.75, 3.05) is 26.2 Å². The monoisotopic (exact) mass is 329 g/mol. The lowest BCUT2D eigenvalue weighted by Gasteiger charge is -2.22. The smallest absolute Gasteiger partial charge is 0.414 e. The number of hydrogen-bond donors (Lipinski definition) is 0. The maximum absolute atomic E-state index is 12.1. The highest BCUT2D eigenvalue weighted by Gasteiger charge is 2.17. The first kappa shape index (κ1) is 17.3. The maximum Gasteiger partial charge on any atom is 0.414 e. The van der Waals surface area contributed by atoms with Crippen molar-refractivity contribution in [1.82, 2.24) is 0 Å². The van der Waals surface area contributed by atoms with Crippen LogP contribution < -0.4 is 9.64 Å². The maximum atomic E-state index is 12.1. The van der Waals surface area contributed by atoms with Gasteiger partial charge in [-0.2, -0.15) is 0 Å². The Morgan fingerprint density at radius 2 is 1.67 bits per heavy atom. The Hall–Kier alpha value is -3.02. The summed E-state index contributed by atoms with van der Waals surface area (Å²) < 4.78 is 14.7. The topological polar surface area (TPSA) is 65.1 Å². The molecule has 0 aliphatic rings. The SMILES string of the molecule is COC(=O)c1cccc(CN(C(=O)OC)c2ccc(OC)cc2)c1. The van der Waals surface area contributed by atoms with Crippen molar-refractivity contribution in [2.24, 2.45) is 0 Å². The molecule has 0 aliphatic carbocycles. The molecule has 0 saturated heterocycles. The van der Waals surface area contributed by atoms with E-state index < -0.39 is 12.1 Å². The summed E-state index contributed by atoms with van der Waals surface area (Å²) in [5.74, 6) is 0.266. The Kier molecular flexibility index (Phi) is 5.78. The highest BCUT2D eigenvalue weighted by molar-refractivity contribution is 5.90. The second-order valence-corrected chi connectivity index (χ2v) is 4.95. The molecule has 24 heavy (non-hydrogen) atoms. The molecule has 0 unspecified atom stereocenters. The Morgan fingerprint density at radius 1 is 0.958 bits per heavy atom. The van der Waals surface area contributed by atoms with E-state index in [1.807, 2.05) is 6.07 Å².